The standard InChI is InChI=1S/C13H19NO2S/c1-13(9-15,11-3-4-11)14-12(16)5-2-10-6-7-17-8-10/h6-8,11,15H,2-5,9H2,1H3,(H,14,16). The first-order valence-electron chi connectivity index (χ1n) is 6.07. The van der Waals surface area contributed by atoms with E-state index in [1.54, 1.807) is 11.3 Å². The summed E-state index contributed by atoms with van der Waals surface area (Å²) in [6.45, 7) is 1.97. The van der Waals surface area contributed by atoms with Crippen molar-refractivity contribution in [2.75, 3.05) is 6.61 Å². The van der Waals surface area contributed by atoms with E-state index >= 15 is 0 Å². The van der Waals surface area contributed by atoms with Gasteiger partial charge in [0.1, 0.15) is 0 Å². The van der Waals surface area contributed by atoms with Crippen LogP contribution in [0.15, 0.2) is 16.8 Å². The molecule has 4 heteroatoms. The number of rotatable bonds is 6. The van der Waals surface area contributed by atoms with E-state index in [1.165, 1.54) is 5.56 Å². The Bertz CT molecular complexity index is 373. The highest BCUT2D eigenvalue weighted by Gasteiger charge is 2.41. The molecule has 0 spiro atoms. The molecule has 1 unspecified atom stereocenters. The average Bonchev–Trinajstić information content (AvgIpc) is 3.05. The van der Waals surface area contributed by atoms with Crippen molar-refractivity contribution in [2.45, 2.75) is 38.1 Å². The molecule has 0 radical (unpaired) electrons. The smallest absolute Gasteiger partial charge is 0.220 e. The minimum absolute atomic E-state index is 0.0296. The SMILES string of the molecule is CC(CO)(NC(=O)CCc1ccsc1)C1CC1. The summed E-state index contributed by atoms with van der Waals surface area (Å²) in [7, 11) is 0. The summed E-state index contributed by atoms with van der Waals surface area (Å²) < 4.78 is 0. The number of aliphatic hydroxyl groups excluding tert-OH is 1. The highest BCUT2D eigenvalue weighted by atomic mass is 32.1. The van der Waals surface area contributed by atoms with Gasteiger partial charge in [0.2, 0.25) is 5.91 Å². The van der Waals surface area contributed by atoms with Crippen molar-refractivity contribution >= 4 is 17.2 Å². The van der Waals surface area contributed by atoms with Crippen molar-refractivity contribution < 1.29 is 9.90 Å². The fourth-order valence-corrected chi connectivity index (χ4v) is 2.77. The third-order valence-electron chi connectivity index (χ3n) is 3.45. The van der Waals surface area contributed by atoms with Crippen LogP contribution in [-0.2, 0) is 11.2 Å². The van der Waals surface area contributed by atoms with Crippen LogP contribution < -0.4 is 5.32 Å². The Morgan fingerprint density at radius 1 is 1.65 bits per heavy atom. The van der Waals surface area contributed by atoms with Crippen LogP contribution in [0.1, 0.15) is 31.7 Å². The molecule has 1 heterocycles. The van der Waals surface area contributed by atoms with Gasteiger partial charge in [-0.15, -0.1) is 0 Å². The molecular formula is C13H19NO2S. The molecule has 1 saturated carbocycles. The fraction of sp³-hybridized carbons (Fsp3) is 0.615. The number of thiophene rings is 1. The third-order valence-corrected chi connectivity index (χ3v) is 4.18. The van der Waals surface area contributed by atoms with Gasteiger partial charge in [-0.1, -0.05) is 0 Å². The van der Waals surface area contributed by atoms with Crippen molar-refractivity contribution in [1.82, 2.24) is 5.32 Å². The Morgan fingerprint density at radius 3 is 2.94 bits per heavy atom. The Kier molecular flexibility index (Phi) is 3.84. The normalized spacial score (nSPS) is 18.7. The number of carbonyl (C=O) groups excluding carboxylic acids is 1. The average molecular weight is 253 g/mol. The van der Waals surface area contributed by atoms with E-state index in [9.17, 15) is 9.90 Å². The van der Waals surface area contributed by atoms with Gasteiger partial charge in [0.05, 0.1) is 12.1 Å². The molecule has 0 saturated heterocycles. The van der Waals surface area contributed by atoms with Crippen LogP contribution in [-0.4, -0.2) is 23.2 Å². The maximum atomic E-state index is 11.8. The molecule has 1 fully saturated rings. The summed E-state index contributed by atoms with van der Waals surface area (Å²) in [4.78, 5) is 11.8. The maximum absolute atomic E-state index is 11.8. The van der Waals surface area contributed by atoms with Gasteiger partial charge in [0.25, 0.3) is 0 Å². The van der Waals surface area contributed by atoms with E-state index in [2.05, 4.69) is 10.7 Å². The van der Waals surface area contributed by atoms with Crippen LogP contribution in [0.4, 0.5) is 0 Å². The second-order valence-corrected chi connectivity index (χ2v) is 5.81. The quantitative estimate of drug-likeness (QED) is 0.814. The van der Waals surface area contributed by atoms with Crippen LogP contribution >= 0.6 is 11.3 Å². The molecule has 1 amide bonds. The first kappa shape index (κ1) is 12.6. The van der Waals surface area contributed by atoms with E-state index in [1.807, 2.05) is 18.4 Å². The molecule has 0 aromatic carbocycles. The van der Waals surface area contributed by atoms with Gasteiger partial charge in [-0.25, -0.2) is 0 Å². The number of hydrogen-bond acceptors (Lipinski definition) is 3. The molecule has 0 aliphatic heterocycles. The maximum Gasteiger partial charge on any atom is 0.220 e. The second kappa shape index (κ2) is 5.19. The lowest BCUT2D eigenvalue weighted by atomic mass is 9.96. The molecule has 1 aromatic heterocycles. The molecule has 1 aliphatic rings. The first-order valence-corrected chi connectivity index (χ1v) is 7.01. The minimum Gasteiger partial charge on any atom is -0.394 e. The molecule has 0 bridgehead atoms. The topological polar surface area (TPSA) is 49.3 Å². The van der Waals surface area contributed by atoms with Crippen LogP contribution in [0.25, 0.3) is 0 Å². The summed E-state index contributed by atoms with van der Waals surface area (Å²) in [6, 6.07) is 2.05. The van der Waals surface area contributed by atoms with Crippen molar-refractivity contribution in [2.24, 2.45) is 5.92 Å². The lowest BCUT2D eigenvalue weighted by Gasteiger charge is -2.28. The number of aliphatic hydroxyl groups is 1. The molecule has 94 valence electrons. The van der Waals surface area contributed by atoms with E-state index < -0.39 is 5.54 Å². The largest absolute Gasteiger partial charge is 0.394 e. The van der Waals surface area contributed by atoms with E-state index in [0.717, 1.165) is 19.3 Å². The number of amides is 1. The predicted molar refractivity (Wildman–Crippen MR) is 69.0 cm³/mol. The van der Waals surface area contributed by atoms with Crippen LogP contribution in [0, 0.1) is 5.92 Å². The van der Waals surface area contributed by atoms with Crippen LogP contribution in [0.5, 0.6) is 0 Å². The Morgan fingerprint density at radius 2 is 2.41 bits per heavy atom. The summed E-state index contributed by atoms with van der Waals surface area (Å²) in [5.74, 6) is 0.497. The third kappa shape index (κ3) is 3.30. The van der Waals surface area contributed by atoms with Crippen molar-refractivity contribution in [3.8, 4) is 0 Å². The fourth-order valence-electron chi connectivity index (χ4n) is 2.06. The number of aryl methyl sites for hydroxylation is 1. The number of hydrogen-bond donors (Lipinski definition) is 2. The van der Waals surface area contributed by atoms with Crippen molar-refractivity contribution in [3.63, 3.8) is 0 Å². The number of nitrogens with one attached hydrogen (secondary N) is 1. The lowest BCUT2D eigenvalue weighted by molar-refractivity contribution is -0.123. The van der Waals surface area contributed by atoms with Gasteiger partial charge in [-0.05, 0) is 54.5 Å². The van der Waals surface area contributed by atoms with E-state index in [-0.39, 0.29) is 12.5 Å². The van der Waals surface area contributed by atoms with Gasteiger partial charge in [-0.2, -0.15) is 11.3 Å². The molecule has 3 nitrogen and oxygen atoms in total. The van der Waals surface area contributed by atoms with Crippen molar-refractivity contribution in [1.29, 1.82) is 0 Å². The van der Waals surface area contributed by atoms with Crippen molar-refractivity contribution in [3.05, 3.63) is 22.4 Å². The summed E-state index contributed by atoms with van der Waals surface area (Å²) in [6.07, 6.45) is 3.50. The molecule has 2 rings (SSSR count). The van der Waals surface area contributed by atoms with E-state index in [4.69, 9.17) is 0 Å². The summed E-state index contributed by atoms with van der Waals surface area (Å²) >= 11 is 1.65. The predicted octanol–water partition coefficient (Wildman–Crippen LogP) is 1.96. The van der Waals surface area contributed by atoms with Gasteiger partial charge < -0.3 is 10.4 Å². The highest BCUT2D eigenvalue weighted by Crippen LogP contribution is 2.39. The molecule has 2 N–H and O–H groups in total. The Labute approximate surface area is 106 Å². The first-order chi connectivity index (χ1) is 8.14. The van der Waals surface area contributed by atoms with Crippen LogP contribution in [0.3, 0.4) is 0 Å². The van der Waals surface area contributed by atoms with Gasteiger partial charge >= 0.3 is 0 Å². The molecule has 1 atom stereocenters. The number of carbonyl (C=O) groups is 1. The highest BCUT2D eigenvalue weighted by molar-refractivity contribution is 7.07. The molecule has 17 heavy (non-hydrogen) atoms. The zero-order valence-electron chi connectivity index (χ0n) is 10.1. The summed E-state index contributed by atoms with van der Waals surface area (Å²) in [5.41, 5.74) is 0.799. The minimum atomic E-state index is -0.411. The van der Waals surface area contributed by atoms with Gasteiger partial charge in [0, 0.05) is 6.42 Å². The van der Waals surface area contributed by atoms with Gasteiger partial charge in [-0.3, -0.25) is 4.79 Å². The van der Waals surface area contributed by atoms with E-state index in [0.29, 0.717) is 12.3 Å². The Balaban J connectivity index is 1.80. The monoisotopic (exact) mass is 253 g/mol. The molecule has 1 aromatic rings. The second-order valence-electron chi connectivity index (χ2n) is 5.03. The zero-order chi connectivity index (χ0) is 12.3. The molecule has 1 aliphatic carbocycles. The zero-order valence-corrected chi connectivity index (χ0v) is 10.9. The molecular weight excluding hydrogens is 234 g/mol. The van der Waals surface area contributed by atoms with Gasteiger partial charge in [0.15, 0.2) is 0 Å². The Hall–Kier alpha value is -0.870. The summed E-state index contributed by atoms with van der Waals surface area (Å²) in [5, 5.41) is 16.5. The van der Waals surface area contributed by atoms with Crippen LogP contribution in [0.2, 0.25) is 0 Å². The lowest BCUT2D eigenvalue weighted by Crippen LogP contribution is -2.50.